The molecule has 0 aliphatic rings. The van der Waals surface area contributed by atoms with Gasteiger partial charge in [0.15, 0.2) is 0 Å². The van der Waals surface area contributed by atoms with Gasteiger partial charge in [-0.25, -0.2) is 0 Å². The molecule has 236 valence electrons. The Kier molecular flexibility index (Phi) is 4.57. The van der Waals surface area contributed by atoms with E-state index in [2.05, 4.69) is 30.3 Å². The van der Waals surface area contributed by atoms with Crippen LogP contribution >= 0.6 is 0 Å². The van der Waals surface area contributed by atoms with Crippen molar-refractivity contribution in [1.29, 1.82) is 0 Å². The van der Waals surface area contributed by atoms with Crippen LogP contribution in [0.25, 0.3) is 109 Å². The number of rotatable bonds is 3. The van der Waals surface area contributed by atoms with Gasteiger partial charge < -0.3 is 4.42 Å². The Hall–Kier alpha value is -6.70. The first-order valence-corrected chi connectivity index (χ1v) is 16.9. The Labute approximate surface area is 305 Å². The lowest BCUT2D eigenvalue weighted by Crippen LogP contribution is -1.93. The first kappa shape index (κ1) is 21.4. The van der Waals surface area contributed by atoms with E-state index in [0.717, 1.165) is 59.8 Å². The molecule has 51 heavy (non-hydrogen) atoms. The Morgan fingerprint density at radius 1 is 0.353 bits per heavy atom. The van der Waals surface area contributed by atoms with Crippen LogP contribution in [-0.2, 0) is 0 Å². The minimum Gasteiger partial charge on any atom is -0.456 e. The molecule has 1 aromatic heterocycles. The van der Waals surface area contributed by atoms with E-state index in [0.29, 0.717) is 27.8 Å². The van der Waals surface area contributed by atoms with Crippen molar-refractivity contribution in [3.05, 3.63) is 182 Å². The van der Waals surface area contributed by atoms with Gasteiger partial charge in [0.25, 0.3) is 0 Å². The summed E-state index contributed by atoms with van der Waals surface area (Å²) in [5, 5.41) is 8.17. The number of hydrogen-bond acceptors (Lipinski definition) is 1. The molecule has 1 heterocycles. The fourth-order valence-corrected chi connectivity index (χ4v) is 8.04. The largest absolute Gasteiger partial charge is 0.456 e. The highest BCUT2D eigenvalue weighted by molar-refractivity contribution is 6.26. The smallest absolute Gasteiger partial charge is 0.136 e. The summed E-state index contributed by atoms with van der Waals surface area (Å²) < 4.78 is 80.4. The quantitative estimate of drug-likeness (QED) is 0.173. The van der Waals surface area contributed by atoms with Gasteiger partial charge in [-0.1, -0.05) is 158 Å². The van der Waals surface area contributed by atoms with Gasteiger partial charge in [0, 0.05) is 10.8 Å². The molecule has 0 atom stereocenters. The van der Waals surface area contributed by atoms with Crippen molar-refractivity contribution < 1.29 is 15.4 Å². The van der Waals surface area contributed by atoms with Gasteiger partial charge >= 0.3 is 0 Å². The fraction of sp³-hybridized carbons (Fsp3) is 0. The predicted molar refractivity (Wildman–Crippen MR) is 218 cm³/mol. The Balaban J connectivity index is 1.35. The molecular weight excluding hydrogens is 617 g/mol. The summed E-state index contributed by atoms with van der Waals surface area (Å²) >= 11 is 0. The molecule has 0 aliphatic heterocycles. The van der Waals surface area contributed by atoms with Crippen LogP contribution in [-0.4, -0.2) is 0 Å². The maximum atomic E-state index is 9.58. The lowest BCUT2D eigenvalue weighted by Gasteiger charge is -2.20. The van der Waals surface area contributed by atoms with Crippen LogP contribution in [0.1, 0.15) is 11.0 Å². The normalized spacial score (nSPS) is 14.1. The number of fused-ring (bicyclic) bond motifs is 8. The zero-order valence-corrected chi connectivity index (χ0v) is 27.1. The van der Waals surface area contributed by atoms with Gasteiger partial charge in [0.2, 0.25) is 0 Å². The molecule has 0 fully saturated rings. The van der Waals surface area contributed by atoms with E-state index in [9.17, 15) is 5.48 Å². The van der Waals surface area contributed by atoms with Crippen molar-refractivity contribution in [2.45, 2.75) is 0 Å². The van der Waals surface area contributed by atoms with E-state index in [4.69, 9.17) is 9.90 Å². The second-order valence-corrected chi connectivity index (χ2v) is 13.0. The van der Waals surface area contributed by atoms with Crippen molar-refractivity contribution in [2.75, 3.05) is 0 Å². The lowest BCUT2D eigenvalue weighted by atomic mass is 9.83. The monoisotopic (exact) mass is 654 g/mol. The first-order chi connectivity index (χ1) is 28.6. The molecule has 1 heteroatoms. The van der Waals surface area contributed by atoms with Crippen molar-refractivity contribution in [1.82, 2.24) is 0 Å². The summed E-state index contributed by atoms with van der Waals surface area (Å²) in [5.74, 6) is 0. The predicted octanol–water partition coefficient (Wildman–Crippen LogP) is 14.4. The molecule has 0 N–H and O–H groups in total. The highest BCUT2D eigenvalue weighted by atomic mass is 16.3. The molecule has 0 unspecified atom stereocenters. The van der Waals surface area contributed by atoms with Crippen LogP contribution in [0, 0.1) is 0 Å². The summed E-state index contributed by atoms with van der Waals surface area (Å²) in [6, 6.07) is 40.6. The summed E-state index contributed by atoms with van der Waals surface area (Å²) in [7, 11) is 0. The zero-order chi connectivity index (χ0) is 40.4. The second kappa shape index (κ2) is 10.9. The third kappa shape index (κ3) is 4.22. The third-order valence-corrected chi connectivity index (χ3v) is 10.2. The Bertz CT molecular complexity index is 3580. The van der Waals surface area contributed by atoms with E-state index < -0.39 is 24.2 Å². The topological polar surface area (TPSA) is 13.1 Å². The fourth-order valence-electron chi connectivity index (χ4n) is 8.04. The van der Waals surface area contributed by atoms with E-state index in [1.54, 1.807) is 0 Å². The summed E-state index contributed by atoms with van der Waals surface area (Å²) in [5.41, 5.74) is 4.97. The molecule has 0 bridgehead atoms. The van der Waals surface area contributed by atoms with Crippen molar-refractivity contribution in [3.63, 3.8) is 0 Å². The third-order valence-electron chi connectivity index (χ3n) is 10.2. The molecule has 11 aromatic rings. The highest BCUT2D eigenvalue weighted by Crippen LogP contribution is 2.48. The molecule has 0 saturated carbocycles. The van der Waals surface area contributed by atoms with Crippen LogP contribution in [0.15, 0.2) is 186 Å². The average Bonchev–Trinajstić information content (AvgIpc) is 3.64. The van der Waals surface area contributed by atoms with Gasteiger partial charge in [-0.2, -0.15) is 0 Å². The first-order valence-electron chi connectivity index (χ1n) is 20.9. The molecular formula is C50H30O. The standard InChI is InChI=1S/C50H30O/c1-2-13-33-28-36(27-26-31(33)12-1)48-37-18-5-7-20-40(37)49(41-21-8-6-19-38(41)48)43-24-10-17-32-16-9-22-39(47(32)43)42-23-11-25-45-50(42)44-29-34-14-3-4-15-35(34)30-46(44)51-45/h1-30H/i5D,6D,7D,8D,18D,19D,20D,21D. The van der Waals surface area contributed by atoms with E-state index >= 15 is 0 Å². The van der Waals surface area contributed by atoms with Crippen LogP contribution in [0.3, 0.4) is 0 Å². The van der Waals surface area contributed by atoms with Crippen LogP contribution in [0.4, 0.5) is 0 Å². The number of hydrogen-bond donors (Lipinski definition) is 0. The average molecular weight is 655 g/mol. The number of benzene rings is 10. The van der Waals surface area contributed by atoms with E-state index in [-0.39, 0.29) is 45.7 Å². The SMILES string of the molecule is [2H]c1c([2H])c([2H])c2c(-c3cccc4cccc(-c5cccc6oc7cc8ccccc8cc7c56)c34)c3c([2H])c([2H])c([2H])c([2H])c3c(-c3ccc4ccccc4c3)c2c1[2H]. The maximum absolute atomic E-state index is 9.58. The minimum atomic E-state index is -0.435. The van der Waals surface area contributed by atoms with Crippen molar-refractivity contribution >= 4 is 75.8 Å². The van der Waals surface area contributed by atoms with Gasteiger partial charge in [-0.05, 0) is 112 Å². The van der Waals surface area contributed by atoms with Crippen molar-refractivity contribution in [2.24, 2.45) is 0 Å². The Morgan fingerprint density at radius 2 is 0.882 bits per heavy atom. The lowest BCUT2D eigenvalue weighted by molar-refractivity contribution is 0.669. The van der Waals surface area contributed by atoms with E-state index in [1.807, 2.05) is 103 Å². The van der Waals surface area contributed by atoms with Gasteiger partial charge in [0.1, 0.15) is 11.2 Å². The molecule has 0 radical (unpaired) electrons. The summed E-state index contributed by atoms with van der Waals surface area (Å²) in [4.78, 5) is 0. The minimum absolute atomic E-state index is 0.178. The summed E-state index contributed by atoms with van der Waals surface area (Å²) in [6.45, 7) is 0. The van der Waals surface area contributed by atoms with Gasteiger partial charge in [-0.3, -0.25) is 0 Å². The molecule has 0 amide bonds. The second-order valence-electron chi connectivity index (χ2n) is 13.0. The summed E-state index contributed by atoms with van der Waals surface area (Å²) in [6.07, 6.45) is 0. The van der Waals surface area contributed by atoms with Crippen LogP contribution in [0.2, 0.25) is 0 Å². The highest BCUT2D eigenvalue weighted by Gasteiger charge is 2.21. The van der Waals surface area contributed by atoms with Gasteiger partial charge in [-0.15, -0.1) is 0 Å². The number of furan rings is 1. The zero-order valence-electron chi connectivity index (χ0n) is 35.1. The molecule has 0 aliphatic carbocycles. The molecule has 0 saturated heterocycles. The molecule has 0 spiro atoms. The van der Waals surface area contributed by atoms with Crippen LogP contribution in [0.5, 0.6) is 0 Å². The molecule has 1 nitrogen and oxygen atoms in total. The van der Waals surface area contributed by atoms with Crippen LogP contribution < -0.4 is 0 Å². The maximum Gasteiger partial charge on any atom is 0.136 e. The molecule has 10 aromatic carbocycles. The van der Waals surface area contributed by atoms with Gasteiger partial charge in [0.05, 0.1) is 11.0 Å². The Morgan fingerprint density at radius 3 is 1.57 bits per heavy atom. The molecule has 11 rings (SSSR count). The van der Waals surface area contributed by atoms with E-state index in [1.165, 1.54) is 0 Å². The van der Waals surface area contributed by atoms with Crippen molar-refractivity contribution in [3.8, 4) is 33.4 Å².